The van der Waals surface area contributed by atoms with Crippen molar-refractivity contribution in [3.8, 4) is 11.3 Å². The zero-order valence-corrected chi connectivity index (χ0v) is 9.26. The number of nitrogen functional groups attached to an aromatic ring is 1. The Balaban J connectivity index is 2.57. The summed E-state index contributed by atoms with van der Waals surface area (Å²) in [5, 5.41) is 6.88. The number of nitrogens with zero attached hydrogens (tertiary/aromatic N) is 1. The van der Waals surface area contributed by atoms with Gasteiger partial charge in [0.25, 0.3) is 0 Å². The number of rotatable bonds is 2. The second-order valence-electron chi connectivity index (χ2n) is 2.92. The fourth-order valence-corrected chi connectivity index (χ4v) is 1.87. The first-order chi connectivity index (χ1) is 6.74. The molecule has 0 amide bonds. The van der Waals surface area contributed by atoms with Crippen molar-refractivity contribution < 1.29 is 4.42 Å². The van der Waals surface area contributed by atoms with Crippen LogP contribution in [-0.2, 0) is 6.42 Å². The highest BCUT2D eigenvalue weighted by atomic mass is 79.9. The fourth-order valence-electron chi connectivity index (χ4n) is 1.43. The Hall–Kier alpha value is -1.23. The fraction of sp³-hybridized carbons (Fsp3) is 0.222. The second-order valence-corrected chi connectivity index (χ2v) is 3.64. The predicted molar refractivity (Wildman–Crippen MR) is 57.8 cm³/mol. The molecule has 0 fully saturated rings. The van der Waals surface area contributed by atoms with Crippen molar-refractivity contribution in [2.24, 2.45) is 0 Å². The SMILES string of the molecule is CCc1c(N)n[nH]c1-c1ccoc1Br. The topological polar surface area (TPSA) is 67.8 Å². The van der Waals surface area contributed by atoms with Crippen LogP contribution in [0.25, 0.3) is 11.3 Å². The third kappa shape index (κ3) is 1.33. The number of aromatic amines is 1. The van der Waals surface area contributed by atoms with Gasteiger partial charge in [-0.3, -0.25) is 5.10 Å². The summed E-state index contributed by atoms with van der Waals surface area (Å²) in [6, 6.07) is 1.87. The number of halogens is 1. The second kappa shape index (κ2) is 3.49. The van der Waals surface area contributed by atoms with Gasteiger partial charge in [0.05, 0.1) is 17.5 Å². The zero-order valence-electron chi connectivity index (χ0n) is 7.67. The molecule has 0 saturated carbocycles. The van der Waals surface area contributed by atoms with E-state index in [1.807, 2.05) is 13.0 Å². The number of nitrogens with one attached hydrogen (secondary N) is 1. The van der Waals surface area contributed by atoms with Gasteiger partial charge in [0, 0.05) is 5.56 Å². The smallest absolute Gasteiger partial charge is 0.178 e. The van der Waals surface area contributed by atoms with E-state index in [0.717, 1.165) is 23.2 Å². The van der Waals surface area contributed by atoms with Crippen LogP contribution in [0.5, 0.6) is 0 Å². The molecule has 14 heavy (non-hydrogen) atoms. The molecule has 3 N–H and O–H groups in total. The van der Waals surface area contributed by atoms with Crippen LogP contribution in [0, 0.1) is 0 Å². The van der Waals surface area contributed by atoms with Crippen LogP contribution in [0.4, 0.5) is 5.82 Å². The van der Waals surface area contributed by atoms with Crippen molar-refractivity contribution in [3.63, 3.8) is 0 Å². The Kier molecular flexibility index (Phi) is 2.33. The maximum absolute atomic E-state index is 5.72. The van der Waals surface area contributed by atoms with Crippen molar-refractivity contribution in [1.29, 1.82) is 0 Å². The monoisotopic (exact) mass is 255 g/mol. The van der Waals surface area contributed by atoms with E-state index in [-0.39, 0.29) is 0 Å². The van der Waals surface area contributed by atoms with Crippen molar-refractivity contribution >= 4 is 21.7 Å². The standard InChI is InChI=1S/C9H10BrN3O/c1-2-5-7(12-13-9(5)11)6-3-4-14-8(6)10/h3-4H,2H2,1H3,(H3,11,12,13). The number of anilines is 1. The summed E-state index contributed by atoms with van der Waals surface area (Å²) in [6.45, 7) is 2.04. The van der Waals surface area contributed by atoms with E-state index in [2.05, 4.69) is 26.1 Å². The largest absolute Gasteiger partial charge is 0.457 e. The lowest BCUT2D eigenvalue weighted by molar-refractivity contribution is 0.542. The molecule has 0 radical (unpaired) electrons. The molecule has 0 aromatic carbocycles. The van der Waals surface area contributed by atoms with Crippen LogP contribution >= 0.6 is 15.9 Å². The molecule has 0 spiro atoms. The minimum absolute atomic E-state index is 0.551. The van der Waals surface area contributed by atoms with E-state index >= 15 is 0 Å². The van der Waals surface area contributed by atoms with E-state index in [9.17, 15) is 0 Å². The predicted octanol–water partition coefficient (Wildman–Crippen LogP) is 2.58. The van der Waals surface area contributed by atoms with E-state index in [1.165, 1.54) is 0 Å². The van der Waals surface area contributed by atoms with Crippen LogP contribution in [0.3, 0.4) is 0 Å². The van der Waals surface area contributed by atoms with Gasteiger partial charge in [-0.05, 0) is 28.4 Å². The molecule has 0 bridgehead atoms. The van der Waals surface area contributed by atoms with Gasteiger partial charge in [-0.2, -0.15) is 5.10 Å². The molecular weight excluding hydrogens is 246 g/mol. The summed E-state index contributed by atoms with van der Waals surface area (Å²) in [5.41, 5.74) is 8.61. The molecule has 0 aliphatic rings. The Labute approximate surface area is 89.6 Å². The van der Waals surface area contributed by atoms with E-state index in [0.29, 0.717) is 10.5 Å². The molecule has 5 heteroatoms. The minimum atomic E-state index is 0.551. The third-order valence-corrected chi connectivity index (χ3v) is 2.75. The summed E-state index contributed by atoms with van der Waals surface area (Å²) in [4.78, 5) is 0. The van der Waals surface area contributed by atoms with Gasteiger partial charge >= 0.3 is 0 Å². The van der Waals surface area contributed by atoms with E-state index < -0.39 is 0 Å². The third-order valence-electron chi connectivity index (χ3n) is 2.14. The summed E-state index contributed by atoms with van der Waals surface area (Å²) >= 11 is 3.32. The maximum Gasteiger partial charge on any atom is 0.178 e. The van der Waals surface area contributed by atoms with Gasteiger partial charge in [-0.1, -0.05) is 6.92 Å². The number of hydrogen-bond donors (Lipinski definition) is 2. The molecule has 0 aliphatic carbocycles. The lowest BCUT2D eigenvalue weighted by Crippen LogP contribution is -1.90. The number of H-pyrrole nitrogens is 1. The molecule has 2 rings (SSSR count). The lowest BCUT2D eigenvalue weighted by atomic mass is 10.1. The molecule has 74 valence electrons. The normalized spacial score (nSPS) is 10.7. The van der Waals surface area contributed by atoms with Crippen molar-refractivity contribution in [1.82, 2.24) is 10.2 Å². The van der Waals surface area contributed by atoms with Gasteiger partial charge in [-0.25, -0.2) is 0 Å². The van der Waals surface area contributed by atoms with Crippen LogP contribution < -0.4 is 5.73 Å². The molecule has 2 aromatic rings. The van der Waals surface area contributed by atoms with Crippen LogP contribution in [0.15, 0.2) is 21.4 Å². The van der Waals surface area contributed by atoms with Crippen LogP contribution in [0.1, 0.15) is 12.5 Å². The number of furan rings is 1. The molecule has 0 atom stereocenters. The zero-order chi connectivity index (χ0) is 10.1. The number of nitrogens with two attached hydrogens (primary N) is 1. The van der Waals surface area contributed by atoms with E-state index in [1.54, 1.807) is 6.26 Å². The first kappa shape index (κ1) is 9.33. The molecule has 0 saturated heterocycles. The summed E-state index contributed by atoms with van der Waals surface area (Å²) < 4.78 is 5.85. The van der Waals surface area contributed by atoms with Crippen molar-refractivity contribution in [2.45, 2.75) is 13.3 Å². The minimum Gasteiger partial charge on any atom is -0.457 e. The Bertz CT molecular complexity index is 447. The number of aromatic nitrogens is 2. The lowest BCUT2D eigenvalue weighted by Gasteiger charge is -1.98. The first-order valence-corrected chi connectivity index (χ1v) is 5.09. The average Bonchev–Trinajstić information content (AvgIpc) is 2.71. The highest BCUT2D eigenvalue weighted by Crippen LogP contribution is 2.32. The van der Waals surface area contributed by atoms with Gasteiger partial charge in [0.15, 0.2) is 4.67 Å². The van der Waals surface area contributed by atoms with Crippen molar-refractivity contribution in [2.75, 3.05) is 5.73 Å². The molecule has 0 aliphatic heterocycles. The highest BCUT2D eigenvalue weighted by Gasteiger charge is 2.14. The molecule has 4 nitrogen and oxygen atoms in total. The van der Waals surface area contributed by atoms with Crippen molar-refractivity contribution in [3.05, 3.63) is 22.6 Å². The molecule has 2 heterocycles. The van der Waals surface area contributed by atoms with Gasteiger partial charge in [-0.15, -0.1) is 0 Å². The van der Waals surface area contributed by atoms with Gasteiger partial charge in [0.1, 0.15) is 5.82 Å². The number of hydrogen-bond acceptors (Lipinski definition) is 3. The Morgan fingerprint density at radius 3 is 3.00 bits per heavy atom. The Morgan fingerprint density at radius 1 is 1.64 bits per heavy atom. The van der Waals surface area contributed by atoms with Gasteiger partial charge < -0.3 is 10.2 Å². The first-order valence-electron chi connectivity index (χ1n) is 4.30. The summed E-state index contributed by atoms with van der Waals surface area (Å²) in [5.74, 6) is 0.551. The van der Waals surface area contributed by atoms with Crippen LogP contribution in [-0.4, -0.2) is 10.2 Å². The van der Waals surface area contributed by atoms with Crippen LogP contribution in [0.2, 0.25) is 0 Å². The Morgan fingerprint density at radius 2 is 2.43 bits per heavy atom. The summed E-state index contributed by atoms with van der Waals surface area (Å²) in [6.07, 6.45) is 2.46. The highest BCUT2D eigenvalue weighted by molar-refractivity contribution is 9.10. The maximum atomic E-state index is 5.72. The molecule has 2 aromatic heterocycles. The summed E-state index contributed by atoms with van der Waals surface area (Å²) in [7, 11) is 0. The van der Waals surface area contributed by atoms with E-state index in [4.69, 9.17) is 10.2 Å². The quantitative estimate of drug-likeness (QED) is 0.867. The van der Waals surface area contributed by atoms with Gasteiger partial charge in [0.2, 0.25) is 0 Å². The molecular formula is C9H10BrN3O. The molecule has 0 unspecified atom stereocenters. The average molecular weight is 256 g/mol.